The average Bonchev–Trinajstić information content (AvgIpc) is 3.14. The van der Waals surface area contributed by atoms with Crippen LogP contribution in [0.2, 0.25) is 0 Å². The minimum absolute atomic E-state index is 0.173. The maximum absolute atomic E-state index is 13.3. The number of hydrogen-bond acceptors (Lipinski definition) is 5. The van der Waals surface area contributed by atoms with Crippen molar-refractivity contribution in [2.45, 2.75) is 12.6 Å². The lowest BCUT2D eigenvalue weighted by Gasteiger charge is -2.20. The van der Waals surface area contributed by atoms with E-state index in [1.807, 2.05) is 6.07 Å². The molecule has 2 aliphatic rings. The second-order valence-electron chi connectivity index (χ2n) is 6.57. The Labute approximate surface area is 140 Å². The quantitative estimate of drug-likeness (QED) is 0.912. The summed E-state index contributed by atoms with van der Waals surface area (Å²) in [6.45, 7) is 4.28. The van der Waals surface area contributed by atoms with Crippen molar-refractivity contribution in [3.05, 3.63) is 54.1 Å². The molecule has 0 bridgehead atoms. The number of anilines is 1. The van der Waals surface area contributed by atoms with Crippen molar-refractivity contribution in [3.8, 4) is 0 Å². The molecule has 3 atom stereocenters. The van der Waals surface area contributed by atoms with Crippen LogP contribution in [0.5, 0.6) is 0 Å². The molecule has 1 aromatic carbocycles. The van der Waals surface area contributed by atoms with E-state index in [0.717, 1.165) is 38.3 Å². The van der Waals surface area contributed by atoms with Crippen LogP contribution in [0.1, 0.15) is 5.56 Å². The SMILES string of the molecule is Fc1cccc(CN2C[C@@H]3[C@@H](CNc4ncccn4)CO[C@@H]3C2)c1. The van der Waals surface area contributed by atoms with Gasteiger partial charge in [-0.2, -0.15) is 0 Å². The van der Waals surface area contributed by atoms with Crippen LogP contribution in [0.15, 0.2) is 42.7 Å². The fourth-order valence-corrected chi connectivity index (χ4v) is 3.73. The lowest BCUT2D eigenvalue weighted by atomic mass is 9.93. The molecule has 126 valence electrons. The molecule has 24 heavy (non-hydrogen) atoms. The minimum Gasteiger partial charge on any atom is -0.376 e. The van der Waals surface area contributed by atoms with Gasteiger partial charge in [-0.1, -0.05) is 12.1 Å². The standard InChI is InChI=1S/C18H21FN4O/c19-15-4-1-3-13(7-15)9-23-10-16-14(12-24-17(16)11-23)8-22-18-20-5-2-6-21-18/h1-7,14,16-17H,8-12H2,(H,20,21,22)/t14-,16+,17+/m0/s1. The molecule has 2 aliphatic heterocycles. The second kappa shape index (κ2) is 6.83. The Morgan fingerprint density at radius 3 is 2.92 bits per heavy atom. The molecule has 0 saturated carbocycles. The van der Waals surface area contributed by atoms with E-state index in [1.165, 1.54) is 6.07 Å². The number of nitrogens with one attached hydrogen (secondary N) is 1. The lowest BCUT2D eigenvalue weighted by Crippen LogP contribution is -2.27. The van der Waals surface area contributed by atoms with Crippen molar-refractivity contribution >= 4 is 5.95 Å². The number of halogens is 1. The van der Waals surface area contributed by atoms with Gasteiger partial charge < -0.3 is 10.1 Å². The van der Waals surface area contributed by atoms with Gasteiger partial charge in [0.05, 0.1) is 12.7 Å². The van der Waals surface area contributed by atoms with Crippen molar-refractivity contribution in [2.24, 2.45) is 11.8 Å². The molecule has 1 aromatic heterocycles. The predicted octanol–water partition coefficient (Wildman–Crippen LogP) is 2.17. The van der Waals surface area contributed by atoms with E-state index in [-0.39, 0.29) is 11.9 Å². The minimum atomic E-state index is -0.173. The third kappa shape index (κ3) is 3.39. The third-order valence-electron chi connectivity index (χ3n) is 4.90. The van der Waals surface area contributed by atoms with Gasteiger partial charge in [-0.3, -0.25) is 4.90 Å². The Hall–Kier alpha value is -2.05. The van der Waals surface area contributed by atoms with Crippen LogP contribution < -0.4 is 5.32 Å². The van der Waals surface area contributed by atoms with Crippen molar-refractivity contribution < 1.29 is 9.13 Å². The summed E-state index contributed by atoms with van der Waals surface area (Å²) in [4.78, 5) is 10.7. The second-order valence-corrected chi connectivity index (χ2v) is 6.57. The average molecular weight is 328 g/mol. The first-order valence-corrected chi connectivity index (χ1v) is 8.37. The smallest absolute Gasteiger partial charge is 0.222 e. The molecule has 0 spiro atoms. The van der Waals surface area contributed by atoms with Crippen LogP contribution in [-0.4, -0.2) is 47.2 Å². The first-order valence-electron chi connectivity index (χ1n) is 8.37. The van der Waals surface area contributed by atoms with Gasteiger partial charge in [-0.15, -0.1) is 0 Å². The van der Waals surface area contributed by atoms with Crippen molar-refractivity contribution in [1.82, 2.24) is 14.9 Å². The zero-order valence-corrected chi connectivity index (χ0v) is 13.4. The Morgan fingerprint density at radius 2 is 2.08 bits per heavy atom. The molecule has 6 heteroatoms. The monoisotopic (exact) mass is 328 g/mol. The summed E-state index contributed by atoms with van der Waals surface area (Å²) in [5, 5.41) is 3.30. The normalized spacial score (nSPS) is 26.5. The van der Waals surface area contributed by atoms with Crippen LogP contribution in [0.3, 0.4) is 0 Å². The van der Waals surface area contributed by atoms with Gasteiger partial charge in [0.15, 0.2) is 0 Å². The van der Waals surface area contributed by atoms with E-state index < -0.39 is 0 Å². The van der Waals surface area contributed by atoms with E-state index >= 15 is 0 Å². The molecule has 2 fully saturated rings. The van der Waals surface area contributed by atoms with Crippen LogP contribution >= 0.6 is 0 Å². The lowest BCUT2D eigenvalue weighted by molar-refractivity contribution is 0.0946. The third-order valence-corrected chi connectivity index (χ3v) is 4.90. The highest BCUT2D eigenvalue weighted by atomic mass is 19.1. The summed E-state index contributed by atoms with van der Waals surface area (Å²) < 4.78 is 19.3. The fourth-order valence-electron chi connectivity index (χ4n) is 3.73. The van der Waals surface area contributed by atoms with Gasteiger partial charge in [0, 0.05) is 50.4 Å². The van der Waals surface area contributed by atoms with Crippen molar-refractivity contribution in [3.63, 3.8) is 0 Å². The highest BCUT2D eigenvalue weighted by molar-refractivity contribution is 5.22. The van der Waals surface area contributed by atoms with E-state index in [1.54, 1.807) is 30.6 Å². The molecular weight excluding hydrogens is 307 g/mol. The van der Waals surface area contributed by atoms with Crippen molar-refractivity contribution in [1.29, 1.82) is 0 Å². The zero-order valence-electron chi connectivity index (χ0n) is 13.4. The number of benzene rings is 1. The van der Waals surface area contributed by atoms with E-state index in [0.29, 0.717) is 17.8 Å². The molecule has 0 unspecified atom stereocenters. The van der Waals surface area contributed by atoms with E-state index in [2.05, 4.69) is 20.2 Å². The molecule has 3 heterocycles. The number of aromatic nitrogens is 2. The van der Waals surface area contributed by atoms with Crippen LogP contribution in [0.4, 0.5) is 10.3 Å². The first kappa shape index (κ1) is 15.5. The van der Waals surface area contributed by atoms with Crippen LogP contribution in [-0.2, 0) is 11.3 Å². The molecule has 2 saturated heterocycles. The number of rotatable bonds is 5. The molecule has 0 aliphatic carbocycles. The van der Waals surface area contributed by atoms with Crippen molar-refractivity contribution in [2.75, 3.05) is 31.6 Å². The van der Waals surface area contributed by atoms with Gasteiger partial charge >= 0.3 is 0 Å². The Bertz CT molecular complexity index is 684. The van der Waals surface area contributed by atoms with Gasteiger partial charge in [0.1, 0.15) is 5.82 Å². The van der Waals surface area contributed by atoms with Gasteiger partial charge in [0.25, 0.3) is 0 Å². The Balaban J connectivity index is 1.33. The highest BCUT2D eigenvalue weighted by Gasteiger charge is 2.43. The van der Waals surface area contributed by atoms with E-state index in [9.17, 15) is 4.39 Å². The van der Waals surface area contributed by atoms with Gasteiger partial charge in [-0.05, 0) is 23.8 Å². The number of fused-ring (bicyclic) bond motifs is 1. The Morgan fingerprint density at radius 1 is 1.21 bits per heavy atom. The molecule has 0 amide bonds. The highest BCUT2D eigenvalue weighted by Crippen LogP contribution is 2.34. The molecule has 4 rings (SSSR count). The number of ether oxygens (including phenoxy) is 1. The van der Waals surface area contributed by atoms with Crippen LogP contribution in [0.25, 0.3) is 0 Å². The molecule has 2 aromatic rings. The summed E-state index contributed by atoms with van der Waals surface area (Å²) in [5.41, 5.74) is 1.02. The summed E-state index contributed by atoms with van der Waals surface area (Å²) in [6.07, 6.45) is 3.75. The molecular formula is C18H21FN4O. The summed E-state index contributed by atoms with van der Waals surface area (Å²) in [7, 11) is 0. The fraction of sp³-hybridized carbons (Fsp3) is 0.444. The van der Waals surface area contributed by atoms with E-state index in [4.69, 9.17) is 4.74 Å². The van der Waals surface area contributed by atoms with Gasteiger partial charge in [0.2, 0.25) is 5.95 Å². The first-order chi connectivity index (χ1) is 11.8. The maximum atomic E-state index is 13.3. The summed E-state index contributed by atoms with van der Waals surface area (Å²) in [5.74, 6) is 1.45. The summed E-state index contributed by atoms with van der Waals surface area (Å²) >= 11 is 0. The molecule has 5 nitrogen and oxygen atoms in total. The summed E-state index contributed by atoms with van der Waals surface area (Å²) in [6, 6.07) is 8.65. The topological polar surface area (TPSA) is 50.3 Å². The molecule has 0 radical (unpaired) electrons. The molecule has 1 N–H and O–H groups in total. The zero-order chi connectivity index (χ0) is 16.4. The number of nitrogens with zero attached hydrogens (tertiary/aromatic N) is 3. The van der Waals surface area contributed by atoms with Crippen LogP contribution in [0, 0.1) is 17.7 Å². The number of likely N-dealkylation sites (tertiary alicyclic amines) is 1. The van der Waals surface area contributed by atoms with Gasteiger partial charge in [-0.25, -0.2) is 14.4 Å². The Kier molecular flexibility index (Phi) is 4.40. The number of hydrogen-bond donors (Lipinski definition) is 1. The predicted molar refractivity (Wildman–Crippen MR) is 88.9 cm³/mol. The largest absolute Gasteiger partial charge is 0.376 e. The maximum Gasteiger partial charge on any atom is 0.222 e.